The Morgan fingerprint density at radius 3 is 2.78 bits per heavy atom. The lowest BCUT2D eigenvalue weighted by Gasteiger charge is -2.04. The molecule has 0 spiro atoms. The lowest BCUT2D eigenvalue weighted by atomic mass is 10.1. The van der Waals surface area contributed by atoms with E-state index in [0.717, 1.165) is 0 Å². The van der Waals surface area contributed by atoms with Gasteiger partial charge in [0.05, 0.1) is 12.7 Å². The van der Waals surface area contributed by atoms with Crippen molar-refractivity contribution in [2.24, 2.45) is 11.7 Å². The molecule has 2 unspecified atom stereocenters. The van der Waals surface area contributed by atoms with Gasteiger partial charge in [-0.25, -0.2) is 0 Å². The van der Waals surface area contributed by atoms with E-state index in [2.05, 4.69) is 5.32 Å². The molecule has 0 aromatic heterocycles. The summed E-state index contributed by atoms with van der Waals surface area (Å²) in [6.07, 6.45) is 0. The maximum Gasteiger partial charge on any atom is 0.237 e. The molecule has 0 saturated carbocycles. The van der Waals surface area contributed by atoms with E-state index in [-0.39, 0.29) is 11.8 Å². The Morgan fingerprint density at radius 1 is 1.89 bits per heavy atom. The van der Waals surface area contributed by atoms with E-state index in [1.165, 1.54) is 0 Å². The van der Waals surface area contributed by atoms with Crippen LogP contribution in [0.5, 0.6) is 0 Å². The third-order valence-corrected chi connectivity index (χ3v) is 1.55. The molecule has 1 rings (SSSR count). The van der Waals surface area contributed by atoms with Crippen molar-refractivity contribution in [3.63, 3.8) is 0 Å². The number of halogens is 1. The largest absolute Gasteiger partial charge is 0.354 e. The SMILES string of the molecule is NC1C(=O)NCC1CF. The van der Waals surface area contributed by atoms with E-state index in [1.807, 2.05) is 0 Å². The van der Waals surface area contributed by atoms with Gasteiger partial charge in [-0.2, -0.15) is 0 Å². The fourth-order valence-corrected chi connectivity index (χ4v) is 0.841. The third kappa shape index (κ3) is 1.03. The molecule has 1 fully saturated rings. The zero-order chi connectivity index (χ0) is 6.85. The Hall–Kier alpha value is -0.640. The van der Waals surface area contributed by atoms with Crippen LogP contribution in [0.3, 0.4) is 0 Å². The minimum Gasteiger partial charge on any atom is -0.354 e. The van der Waals surface area contributed by atoms with E-state index in [4.69, 9.17) is 5.73 Å². The van der Waals surface area contributed by atoms with Crippen LogP contribution in [0.25, 0.3) is 0 Å². The Morgan fingerprint density at radius 2 is 2.56 bits per heavy atom. The lowest BCUT2D eigenvalue weighted by molar-refractivity contribution is -0.120. The second-order valence-corrected chi connectivity index (χ2v) is 2.19. The number of amides is 1. The molecule has 9 heavy (non-hydrogen) atoms. The van der Waals surface area contributed by atoms with E-state index in [9.17, 15) is 9.18 Å². The van der Waals surface area contributed by atoms with Gasteiger partial charge in [0, 0.05) is 12.5 Å². The smallest absolute Gasteiger partial charge is 0.237 e. The maximum absolute atomic E-state index is 11.8. The van der Waals surface area contributed by atoms with Crippen LogP contribution in [0.4, 0.5) is 4.39 Å². The number of alkyl halides is 1. The van der Waals surface area contributed by atoms with Gasteiger partial charge in [0.15, 0.2) is 0 Å². The number of nitrogens with two attached hydrogens (primary N) is 1. The summed E-state index contributed by atoms with van der Waals surface area (Å²) in [5.74, 6) is -0.546. The van der Waals surface area contributed by atoms with Gasteiger partial charge in [0.2, 0.25) is 5.91 Å². The summed E-state index contributed by atoms with van der Waals surface area (Å²) < 4.78 is 11.8. The molecule has 0 aromatic rings. The highest BCUT2D eigenvalue weighted by Crippen LogP contribution is 2.07. The highest BCUT2D eigenvalue weighted by molar-refractivity contribution is 5.84. The molecular weight excluding hydrogens is 123 g/mol. The van der Waals surface area contributed by atoms with Gasteiger partial charge in [0.1, 0.15) is 0 Å². The zero-order valence-corrected chi connectivity index (χ0v) is 4.93. The van der Waals surface area contributed by atoms with Gasteiger partial charge in [-0.1, -0.05) is 0 Å². The Bertz CT molecular complexity index is 128. The van der Waals surface area contributed by atoms with Gasteiger partial charge >= 0.3 is 0 Å². The summed E-state index contributed by atoms with van der Waals surface area (Å²) in [4.78, 5) is 10.5. The van der Waals surface area contributed by atoms with Crippen molar-refractivity contribution in [3.05, 3.63) is 0 Å². The molecular formula is C5H9FN2O. The van der Waals surface area contributed by atoms with Crippen LogP contribution in [0, 0.1) is 5.92 Å². The van der Waals surface area contributed by atoms with Crippen molar-refractivity contribution in [2.45, 2.75) is 6.04 Å². The van der Waals surface area contributed by atoms with Gasteiger partial charge < -0.3 is 11.1 Å². The molecule has 0 aromatic carbocycles. The van der Waals surface area contributed by atoms with Crippen molar-refractivity contribution >= 4 is 5.91 Å². The first-order chi connectivity index (χ1) is 4.25. The van der Waals surface area contributed by atoms with Crippen molar-refractivity contribution in [1.82, 2.24) is 5.32 Å². The monoisotopic (exact) mass is 132 g/mol. The standard InChI is InChI=1S/C5H9FN2O/c6-1-3-2-8-5(9)4(3)7/h3-4H,1-2,7H2,(H,8,9). The fourth-order valence-electron chi connectivity index (χ4n) is 0.841. The number of rotatable bonds is 1. The maximum atomic E-state index is 11.8. The quantitative estimate of drug-likeness (QED) is 0.482. The summed E-state index contributed by atoms with van der Waals surface area (Å²) in [6.45, 7) is -0.129. The van der Waals surface area contributed by atoms with Crippen LogP contribution < -0.4 is 11.1 Å². The molecule has 1 aliphatic rings. The molecule has 52 valence electrons. The summed E-state index contributed by atoms with van der Waals surface area (Å²) in [5.41, 5.74) is 5.28. The normalized spacial score (nSPS) is 34.7. The zero-order valence-electron chi connectivity index (χ0n) is 4.93. The fraction of sp³-hybridized carbons (Fsp3) is 0.800. The highest BCUT2D eigenvalue weighted by Gasteiger charge is 2.30. The van der Waals surface area contributed by atoms with E-state index < -0.39 is 12.7 Å². The molecule has 1 amide bonds. The molecule has 3 nitrogen and oxygen atoms in total. The molecule has 0 radical (unpaired) electrons. The van der Waals surface area contributed by atoms with Gasteiger partial charge in [0.25, 0.3) is 0 Å². The second kappa shape index (κ2) is 2.31. The van der Waals surface area contributed by atoms with Crippen LogP contribution in [-0.2, 0) is 4.79 Å². The number of hydrogen-bond donors (Lipinski definition) is 2. The highest BCUT2D eigenvalue weighted by atomic mass is 19.1. The molecule has 1 saturated heterocycles. The summed E-state index contributed by atoms with van der Waals surface area (Å²) >= 11 is 0. The summed E-state index contributed by atoms with van der Waals surface area (Å²) in [5, 5.41) is 2.47. The van der Waals surface area contributed by atoms with Crippen LogP contribution in [-0.4, -0.2) is 25.2 Å². The molecule has 3 N–H and O–H groups in total. The van der Waals surface area contributed by atoms with Crippen molar-refractivity contribution in [1.29, 1.82) is 0 Å². The van der Waals surface area contributed by atoms with E-state index in [1.54, 1.807) is 0 Å². The molecule has 0 aliphatic carbocycles. The Kier molecular flexibility index (Phi) is 1.66. The van der Waals surface area contributed by atoms with Crippen LogP contribution in [0.15, 0.2) is 0 Å². The molecule has 2 atom stereocenters. The van der Waals surface area contributed by atoms with Crippen molar-refractivity contribution in [2.75, 3.05) is 13.2 Å². The number of nitrogens with one attached hydrogen (secondary N) is 1. The number of hydrogen-bond acceptors (Lipinski definition) is 2. The number of carbonyl (C=O) groups is 1. The molecule has 4 heteroatoms. The minimum absolute atomic E-state index is 0.238. The topological polar surface area (TPSA) is 55.1 Å². The first-order valence-electron chi connectivity index (χ1n) is 2.85. The number of carbonyl (C=O) groups excluding carboxylic acids is 1. The first kappa shape index (κ1) is 6.48. The third-order valence-electron chi connectivity index (χ3n) is 1.55. The average molecular weight is 132 g/mol. The molecule has 0 bridgehead atoms. The Labute approximate surface area is 52.4 Å². The van der Waals surface area contributed by atoms with Gasteiger partial charge in [-0.05, 0) is 0 Å². The Balaban J connectivity index is 2.51. The lowest BCUT2D eigenvalue weighted by Crippen LogP contribution is -2.34. The van der Waals surface area contributed by atoms with Crippen molar-refractivity contribution < 1.29 is 9.18 Å². The van der Waals surface area contributed by atoms with Gasteiger partial charge in [-0.3, -0.25) is 9.18 Å². The van der Waals surface area contributed by atoms with Crippen LogP contribution in [0.2, 0.25) is 0 Å². The summed E-state index contributed by atoms with van der Waals surface area (Å²) in [6, 6.07) is -0.630. The predicted octanol–water partition coefficient (Wildman–Crippen LogP) is -0.971. The molecule has 1 heterocycles. The van der Waals surface area contributed by atoms with Gasteiger partial charge in [-0.15, -0.1) is 0 Å². The van der Waals surface area contributed by atoms with Crippen LogP contribution >= 0.6 is 0 Å². The first-order valence-corrected chi connectivity index (χ1v) is 2.85. The second-order valence-electron chi connectivity index (χ2n) is 2.19. The van der Waals surface area contributed by atoms with E-state index >= 15 is 0 Å². The van der Waals surface area contributed by atoms with Crippen molar-refractivity contribution in [3.8, 4) is 0 Å². The minimum atomic E-state index is -0.630. The summed E-state index contributed by atoms with van der Waals surface area (Å²) in [7, 11) is 0. The van der Waals surface area contributed by atoms with Crippen LogP contribution in [0.1, 0.15) is 0 Å². The molecule has 1 aliphatic heterocycles. The average Bonchev–Trinajstić information content (AvgIpc) is 2.15. The van der Waals surface area contributed by atoms with E-state index in [0.29, 0.717) is 6.54 Å². The predicted molar refractivity (Wildman–Crippen MR) is 30.5 cm³/mol.